The zero-order valence-electron chi connectivity index (χ0n) is 13.9. The van der Waals surface area contributed by atoms with Gasteiger partial charge in [0.2, 0.25) is 0 Å². The van der Waals surface area contributed by atoms with Gasteiger partial charge >= 0.3 is 0 Å². The Kier molecular flexibility index (Phi) is 6.83. The maximum Gasteiger partial charge on any atom is 0.0465 e. The third-order valence-electron chi connectivity index (χ3n) is 5.44. The summed E-state index contributed by atoms with van der Waals surface area (Å²) in [6.45, 7) is 10.0. The molecule has 0 spiro atoms. The van der Waals surface area contributed by atoms with Crippen LogP contribution in [0.4, 0.5) is 0 Å². The fourth-order valence-corrected chi connectivity index (χ4v) is 3.79. The van der Waals surface area contributed by atoms with E-state index in [1.165, 1.54) is 51.5 Å². The lowest BCUT2D eigenvalue weighted by Crippen LogP contribution is -2.35. The summed E-state index contributed by atoms with van der Waals surface area (Å²) in [6.07, 6.45) is 9.81. The van der Waals surface area contributed by atoms with E-state index in [1.807, 2.05) is 0 Å². The van der Waals surface area contributed by atoms with Gasteiger partial charge in [-0.15, -0.1) is 0 Å². The van der Waals surface area contributed by atoms with Crippen molar-refractivity contribution in [2.24, 2.45) is 23.7 Å². The second-order valence-electron chi connectivity index (χ2n) is 7.36. The molecule has 2 fully saturated rings. The van der Waals surface area contributed by atoms with Crippen LogP contribution in [0.3, 0.4) is 0 Å². The van der Waals surface area contributed by atoms with Gasteiger partial charge in [0.15, 0.2) is 0 Å². The lowest BCUT2D eigenvalue weighted by atomic mass is 9.69. The largest absolute Gasteiger partial charge is 0.382 e. The van der Waals surface area contributed by atoms with Gasteiger partial charge in [-0.3, -0.25) is 0 Å². The number of hydrogen-bond acceptors (Lipinski definition) is 2. The summed E-state index contributed by atoms with van der Waals surface area (Å²) in [5.41, 5.74) is 0. The molecule has 3 atom stereocenters. The van der Waals surface area contributed by atoms with Crippen molar-refractivity contribution in [1.82, 2.24) is 5.32 Å². The average molecular weight is 281 g/mol. The molecule has 2 rings (SSSR count). The Morgan fingerprint density at radius 2 is 1.90 bits per heavy atom. The normalized spacial score (nSPS) is 30.9. The van der Waals surface area contributed by atoms with Crippen molar-refractivity contribution in [3.8, 4) is 0 Å². The van der Waals surface area contributed by atoms with Crippen LogP contribution < -0.4 is 5.32 Å². The molecular formula is C18H35NO. The fourth-order valence-electron chi connectivity index (χ4n) is 3.79. The van der Waals surface area contributed by atoms with Crippen molar-refractivity contribution in [3.05, 3.63) is 0 Å². The van der Waals surface area contributed by atoms with Gasteiger partial charge in [0.05, 0.1) is 0 Å². The molecule has 2 saturated carbocycles. The second kappa shape index (κ2) is 8.38. The van der Waals surface area contributed by atoms with Gasteiger partial charge < -0.3 is 10.1 Å². The van der Waals surface area contributed by atoms with E-state index in [1.54, 1.807) is 0 Å². The molecular weight excluding hydrogens is 246 g/mol. The Morgan fingerprint density at radius 1 is 1.10 bits per heavy atom. The first-order chi connectivity index (χ1) is 9.70. The maximum atomic E-state index is 5.53. The minimum absolute atomic E-state index is 0.863. The minimum atomic E-state index is 0.863. The summed E-state index contributed by atoms with van der Waals surface area (Å²) in [6, 6.07) is 0.863. The molecule has 0 saturated heterocycles. The SMILES string of the molecule is CCOCCCC1CC(C(C)C)CCC1CNC1CC1. The van der Waals surface area contributed by atoms with Crippen molar-refractivity contribution in [3.63, 3.8) is 0 Å². The zero-order chi connectivity index (χ0) is 14.4. The van der Waals surface area contributed by atoms with Crippen molar-refractivity contribution < 1.29 is 4.74 Å². The van der Waals surface area contributed by atoms with Crippen LogP contribution >= 0.6 is 0 Å². The van der Waals surface area contributed by atoms with E-state index < -0.39 is 0 Å². The molecule has 1 N–H and O–H groups in total. The molecule has 0 aromatic rings. The fraction of sp³-hybridized carbons (Fsp3) is 1.00. The predicted molar refractivity (Wildman–Crippen MR) is 85.9 cm³/mol. The van der Waals surface area contributed by atoms with E-state index in [2.05, 4.69) is 26.1 Å². The first-order valence-electron chi connectivity index (χ1n) is 9.01. The maximum absolute atomic E-state index is 5.53. The monoisotopic (exact) mass is 281 g/mol. The van der Waals surface area contributed by atoms with E-state index in [0.717, 1.165) is 42.9 Å². The Hall–Kier alpha value is -0.0800. The van der Waals surface area contributed by atoms with Crippen LogP contribution in [0, 0.1) is 23.7 Å². The van der Waals surface area contributed by atoms with Gasteiger partial charge in [-0.2, -0.15) is 0 Å². The lowest BCUT2D eigenvalue weighted by Gasteiger charge is -2.38. The Labute approximate surface area is 126 Å². The molecule has 2 heteroatoms. The van der Waals surface area contributed by atoms with Crippen LogP contribution in [0.25, 0.3) is 0 Å². The predicted octanol–water partition coefficient (Wildman–Crippen LogP) is 4.24. The molecule has 0 heterocycles. The highest BCUT2D eigenvalue weighted by Gasteiger charge is 2.32. The molecule has 0 aromatic heterocycles. The molecule has 118 valence electrons. The van der Waals surface area contributed by atoms with Gasteiger partial charge in [-0.25, -0.2) is 0 Å². The summed E-state index contributed by atoms with van der Waals surface area (Å²) < 4.78 is 5.53. The van der Waals surface area contributed by atoms with Gasteiger partial charge in [0.25, 0.3) is 0 Å². The average Bonchev–Trinajstić information content (AvgIpc) is 3.26. The van der Waals surface area contributed by atoms with Crippen LogP contribution in [0.15, 0.2) is 0 Å². The van der Waals surface area contributed by atoms with Crippen LogP contribution in [0.5, 0.6) is 0 Å². The standard InChI is InChI=1S/C18H35NO/c1-4-20-11-5-6-16-12-15(14(2)3)7-8-17(16)13-19-18-9-10-18/h14-19H,4-13H2,1-3H3. The van der Waals surface area contributed by atoms with Crippen LogP contribution in [-0.4, -0.2) is 25.8 Å². The van der Waals surface area contributed by atoms with Crippen LogP contribution in [0.2, 0.25) is 0 Å². The van der Waals surface area contributed by atoms with E-state index in [0.29, 0.717) is 0 Å². The number of hydrogen-bond donors (Lipinski definition) is 1. The summed E-state index contributed by atoms with van der Waals surface area (Å²) in [7, 11) is 0. The van der Waals surface area contributed by atoms with Gasteiger partial charge in [0, 0.05) is 19.3 Å². The van der Waals surface area contributed by atoms with Crippen molar-refractivity contribution >= 4 is 0 Å². The van der Waals surface area contributed by atoms with E-state index in [9.17, 15) is 0 Å². The third-order valence-corrected chi connectivity index (χ3v) is 5.44. The molecule has 2 nitrogen and oxygen atoms in total. The minimum Gasteiger partial charge on any atom is -0.382 e. The first kappa shape index (κ1) is 16.3. The Balaban J connectivity index is 1.76. The molecule has 0 amide bonds. The topological polar surface area (TPSA) is 21.3 Å². The molecule has 20 heavy (non-hydrogen) atoms. The molecule has 0 radical (unpaired) electrons. The first-order valence-corrected chi connectivity index (χ1v) is 9.01. The van der Waals surface area contributed by atoms with Crippen molar-refractivity contribution in [1.29, 1.82) is 0 Å². The highest BCUT2D eigenvalue weighted by atomic mass is 16.5. The summed E-state index contributed by atoms with van der Waals surface area (Å²) in [4.78, 5) is 0. The third kappa shape index (κ3) is 5.37. The van der Waals surface area contributed by atoms with Crippen LogP contribution in [0.1, 0.15) is 65.7 Å². The van der Waals surface area contributed by atoms with Gasteiger partial charge in [-0.1, -0.05) is 13.8 Å². The molecule has 0 aliphatic heterocycles. The molecule has 0 bridgehead atoms. The molecule has 2 aliphatic rings. The Bertz CT molecular complexity index is 262. The Morgan fingerprint density at radius 3 is 2.55 bits per heavy atom. The summed E-state index contributed by atoms with van der Waals surface area (Å²) in [5, 5.41) is 3.77. The molecule has 2 aliphatic carbocycles. The quantitative estimate of drug-likeness (QED) is 0.638. The van der Waals surface area contributed by atoms with Crippen molar-refractivity contribution in [2.45, 2.75) is 71.8 Å². The van der Waals surface area contributed by atoms with Crippen LogP contribution in [-0.2, 0) is 4.74 Å². The molecule has 3 unspecified atom stereocenters. The second-order valence-corrected chi connectivity index (χ2v) is 7.36. The highest BCUT2D eigenvalue weighted by molar-refractivity contribution is 4.86. The van der Waals surface area contributed by atoms with E-state index >= 15 is 0 Å². The summed E-state index contributed by atoms with van der Waals surface area (Å²) >= 11 is 0. The highest BCUT2D eigenvalue weighted by Crippen LogP contribution is 2.39. The van der Waals surface area contributed by atoms with E-state index in [-0.39, 0.29) is 0 Å². The number of nitrogens with one attached hydrogen (secondary N) is 1. The lowest BCUT2D eigenvalue weighted by molar-refractivity contribution is 0.107. The summed E-state index contributed by atoms with van der Waals surface area (Å²) in [5.74, 6) is 3.68. The van der Waals surface area contributed by atoms with Gasteiger partial charge in [-0.05, 0) is 82.1 Å². The number of rotatable bonds is 9. The van der Waals surface area contributed by atoms with E-state index in [4.69, 9.17) is 4.74 Å². The smallest absolute Gasteiger partial charge is 0.0465 e. The van der Waals surface area contributed by atoms with Crippen molar-refractivity contribution in [2.75, 3.05) is 19.8 Å². The van der Waals surface area contributed by atoms with Gasteiger partial charge in [0.1, 0.15) is 0 Å². The zero-order valence-corrected chi connectivity index (χ0v) is 13.9. The number of ether oxygens (including phenoxy) is 1. The molecule has 0 aromatic carbocycles.